The summed E-state index contributed by atoms with van der Waals surface area (Å²) in [4.78, 5) is 13.5. The highest BCUT2D eigenvalue weighted by molar-refractivity contribution is 9.09. The first-order chi connectivity index (χ1) is 8.63. The van der Waals surface area contributed by atoms with Crippen LogP contribution in [0, 0.1) is 13.8 Å². The Bertz CT molecular complexity index is 493. The van der Waals surface area contributed by atoms with Gasteiger partial charge in [0, 0.05) is 13.1 Å². The van der Waals surface area contributed by atoms with Crippen LogP contribution in [-0.4, -0.2) is 29.2 Å². The summed E-state index contributed by atoms with van der Waals surface area (Å²) in [6, 6.07) is 6.42. The van der Waals surface area contributed by atoms with Crippen LogP contribution in [0.4, 0.5) is 0 Å². The molecule has 0 aliphatic carbocycles. The molecule has 0 N–H and O–H groups in total. The molecule has 3 heteroatoms. The van der Waals surface area contributed by atoms with Crippen molar-refractivity contribution < 1.29 is 4.79 Å². The molecule has 1 heterocycles. The summed E-state index contributed by atoms with van der Waals surface area (Å²) < 4.78 is 0. The number of benzene rings is 1. The first-order valence-corrected chi connectivity index (χ1v) is 7.35. The first-order valence-electron chi connectivity index (χ1n) is 6.23. The fraction of sp³-hybridized carbons (Fsp3) is 0.400. The van der Waals surface area contributed by atoms with E-state index in [4.69, 9.17) is 0 Å². The van der Waals surface area contributed by atoms with E-state index in [1.165, 1.54) is 22.3 Å². The van der Waals surface area contributed by atoms with Crippen LogP contribution in [0.15, 0.2) is 24.3 Å². The predicted octanol–water partition coefficient (Wildman–Crippen LogP) is 3.31. The Labute approximate surface area is 117 Å². The number of alkyl halides is 1. The Morgan fingerprint density at radius 1 is 1.39 bits per heavy atom. The lowest BCUT2D eigenvalue weighted by Gasteiger charge is -2.26. The van der Waals surface area contributed by atoms with Crippen molar-refractivity contribution in [2.24, 2.45) is 0 Å². The Morgan fingerprint density at radius 2 is 2.17 bits per heavy atom. The first kappa shape index (κ1) is 13.3. The molecule has 1 aromatic carbocycles. The van der Waals surface area contributed by atoms with E-state index < -0.39 is 0 Å². The average Bonchev–Trinajstić information content (AvgIpc) is 2.41. The van der Waals surface area contributed by atoms with Gasteiger partial charge in [-0.15, -0.1) is 0 Å². The summed E-state index contributed by atoms with van der Waals surface area (Å²) in [6.45, 7) is 5.86. The Kier molecular flexibility index (Phi) is 4.23. The highest BCUT2D eigenvalue weighted by Gasteiger charge is 2.17. The van der Waals surface area contributed by atoms with Gasteiger partial charge in [-0.1, -0.05) is 40.2 Å². The summed E-state index contributed by atoms with van der Waals surface area (Å²) >= 11 is 3.22. The Balaban J connectivity index is 2.19. The topological polar surface area (TPSA) is 20.3 Å². The Hall–Kier alpha value is -1.09. The molecule has 0 saturated carbocycles. The molecular formula is C15H18BrNO. The van der Waals surface area contributed by atoms with Crippen molar-refractivity contribution in [2.75, 3.05) is 18.4 Å². The molecule has 0 saturated heterocycles. The van der Waals surface area contributed by atoms with Crippen molar-refractivity contribution in [1.29, 1.82) is 0 Å². The molecule has 1 aromatic rings. The smallest absolute Gasteiger partial charge is 0.233 e. The number of hydrogen-bond donors (Lipinski definition) is 0. The lowest BCUT2D eigenvalue weighted by atomic mass is 9.93. The van der Waals surface area contributed by atoms with E-state index in [0.717, 1.165) is 19.5 Å². The van der Waals surface area contributed by atoms with Gasteiger partial charge in [-0.05, 0) is 42.5 Å². The van der Waals surface area contributed by atoms with E-state index in [2.05, 4.69) is 54.1 Å². The monoisotopic (exact) mass is 307 g/mol. The van der Waals surface area contributed by atoms with Gasteiger partial charge >= 0.3 is 0 Å². The van der Waals surface area contributed by atoms with Gasteiger partial charge in [-0.25, -0.2) is 0 Å². The molecule has 0 atom stereocenters. The van der Waals surface area contributed by atoms with Crippen molar-refractivity contribution >= 4 is 27.4 Å². The van der Waals surface area contributed by atoms with E-state index in [9.17, 15) is 4.79 Å². The van der Waals surface area contributed by atoms with Crippen LogP contribution in [0.1, 0.15) is 23.1 Å². The minimum Gasteiger partial charge on any atom is -0.338 e. The fourth-order valence-corrected chi connectivity index (χ4v) is 2.68. The van der Waals surface area contributed by atoms with Crippen LogP contribution in [0.2, 0.25) is 0 Å². The average molecular weight is 308 g/mol. The largest absolute Gasteiger partial charge is 0.338 e. The number of hydrogen-bond acceptors (Lipinski definition) is 1. The molecule has 1 aliphatic rings. The van der Waals surface area contributed by atoms with Crippen molar-refractivity contribution in [3.63, 3.8) is 0 Å². The quantitative estimate of drug-likeness (QED) is 0.768. The van der Waals surface area contributed by atoms with Crippen molar-refractivity contribution in [2.45, 2.75) is 20.3 Å². The molecule has 18 heavy (non-hydrogen) atoms. The molecule has 0 radical (unpaired) electrons. The van der Waals surface area contributed by atoms with Gasteiger partial charge in [0.2, 0.25) is 5.91 Å². The zero-order valence-electron chi connectivity index (χ0n) is 10.9. The maximum absolute atomic E-state index is 11.6. The number of rotatable bonds is 2. The number of nitrogens with zero attached hydrogens (tertiary/aromatic N) is 1. The van der Waals surface area contributed by atoms with Crippen molar-refractivity contribution in [1.82, 2.24) is 4.90 Å². The molecule has 2 rings (SSSR count). The Morgan fingerprint density at radius 3 is 2.78 bits per heavy atom. The molecule has 0 aromatic heterocycles. The molecule has 0 bridgehead atoms. The van der Waals surface area contributed by atoms with E-state index in [1.54, 1.807) is 0 Å². The molecule has 0 spiro atoms. The van der Waals surface area contributed by atoms with Crippen LogP contribution in [0.3, 0.4) is 0 Å². The zero-order chi connectivity index (χ0) is 13.1. The predicted molar refractivity (Wildman–Crippen MR) is 78.9 cm³/mol. The number of aryl methyl sites for hydroxylation is 1. The number of carbonyl (C=O) groups excluding carboxylic acids is 1. The molecule has 1 amide bonds. The van der Waals surface area contributed by atoms with E-state index in [1.807, 2.05) is 4.90 Å². The van der Waals surface area contributed by atoms with Crippen LogP contribution in [0.5, 0.6) is 0 Å². The zero-order valence-corrected chi connectivity index (χ0v) is 12.5. The van der Waals surface area contributed by atoms with Crippen LogP contribution < -0.4 is 0 Å². The van der Waals surface area contributed by atoms with Gasteiger partial charge < -0.3 is 4.90 Å². The number of halogens is 1. The summed E-state index contributed by atoms with van der Waals surface area (Å²) in [5.74, 6) is 0.172. The second-order valence-electron chi connectivity index (χ2n) is 4.70. The molecular weight excluding hydrogens is 290 g/mol. The molecule has 2 nitrogen and oxygen atoms in total. The van der Waals surface area contributed by atoms with Gasteiger partial charge in [0.15, 0.2) is 0 Å². The molecule has 0 fully saturated rings. The third kappa shape index (κ3) is 2.66. The highest BCUT2D eigenvalue weighted by Crippen LogP contribution is 2.26. The summed E-state index contributed by atoms with van der Waals surface area (Å²) in [5, 5.41) is 0.416. The highest BCUT2D eigenvalue weighted by atomic mass is 79.9. The second kappa shape index (κ2) is 5.70. The fourth-order valence-electron chi connectivity index (χ4n) is 2.32. The van der Waals surface area contributed by atoms with E-state index in [-0.39, 0.29) is 5.91 Å². The molecule has 1 aliphatic heterocycles. The third-order valence-corrected chi connectivity index (χ3v) is 4.11. The molecule has 96 valence electrons. The van der Waals surface area contributed by atoms with Crippen molar-refractivity contribution in [3.8, 4) is 0 Å². The van der Waals surface area contributed by atoms with Crippen LogP contribution in [-0.2, 0) is 4.79 Å². The standard InChI is InChI=1S/C15H18BrNO/c1-11-4-3-5-14(12(11)2)13-6-8-17(9-7-13)15(18)10-16/h3-6H,7-10H2,1-2H3. The summed E-state index contributed by atoms with van der Waals surface area (Å²) in [6.07, 6.45) is 3.13. The lowest BCUT2D eigenvalue weighted by molar-refractivity contribution is -0.127. The van der Waals surface area contributed by atoms with Crippen LogP contribution >= 0.6 is 15.9 Å². The molecule has 0 unspecified atom stereocenters. The second-order valence-corrected chi connectivity index (χ2v) is 5.26. The van der Waals surface area contributed by atoms with Gasteiger partial charge in [0.1, 0.15) is 0 Å². The summed E-state index contributed by atoms with van der Waals surface area (Å²) in [7, 11) is 0. The normalized spacial score (nSPS) is 15.5. The van der Waals surface area contributed by atoms with Crippen LogP contribution in [0.25, 0.3) is 5.57 Å². The minimum absolute atomic E-state index is 0.172. The minimum atomic E-state index is 0.172. The van der Waals surface area contributed by atoms with E-state index >= 15 is 0 Å². The lowest BCUT2D eigenvalue weighted by Crippen LogP contribution is -2.35. The maximum Gasteiger partial charge on any atom is 0.233 e. The van der Waals surface area contributed by atoms with E-state index in [0.29, 0.717) is 5.33 Å². The summed E-state index contributed by atoms with van der Waals surface area (Å²) in [5.41, 5.74) is 5.38. The van der Waals surface area contributed by atoms with Gasteiger partial charge in [-0.2, -0.15) is 0 Å². The number of carbonyl (C=O) groups is 1. The van der Waals surface area contributed by atoms with Gasteiger partial charge in [-0.3, -0.25) is 4.79 Å². The third-order valence-electron chi connectivity index (χ3n) is 3.63. The van der Waals surface area contributed by atoms with Gasteiger partial charge in [0.05, 0.1) is 5.33 Å². The van der Waals surface area contributed by atoms with Crippen molar-refractivity contribution in [3.05, 3.63) is 41.0 Å². The SMILES string of the molecule is Cc1cccc(C2=CCN(C(=O)CBr)CC2)c1C. The maximum atomic E-state index is 11.6. The number of amides is 1. The van der Waals surface area contributed by atoms with Gasteiger partial charge in [0.25, 0.3) is 0 Å².